The predicted molar refractivity (Wildman–Crippen MR) is 72.3 cm³/mol. The summed E-state index contributed by atoms with van der Waals surface area (Å²) >= 11 is 0. The summed E-state index contributed by atoms with van der Waals surface area (Å²) in [6.45, 7) is 3.37. The summed E-state index contributed by atoms with van der Waals surface area (Å²) in [5.41, 5.74) is 5.73. The highest BCUT2D eigenvalue weighted by Crippen LogP contribution is 2.27. The van der Waals surface area contributed by atoms with Gasteiger partial charge in [-0.15, -0.1) is 0 Å². The molecule has 0 aromatic heterocycles. The zero-order valence-corrected chi connectivity index (χ0v) is 11.6. The highest BCUT2D eigenvalue weighted by atomic mass is 19.4. The normalized spacial score (nSPS) is 14.7. The molecule has 1 rings (SSSR count). The van der Waals surface area contributed by atoms with Crippen molar-refractivity contribution in [2.75, 3.05) is 5.32 Å². The van der Waals surface area contributed by atoms with Crippen molar-refractivity contribution in [1.29, 1.82) is 0 Å². The van der Waals surface area contributed by atoms with E-state index in [1.165, 1.54) is 6.92 Å². The summed E-state index contributed by atoms with van der Waals surface area (Å²) in [6.07, 6.45) is -5.27. The molecule has 20 heavy (non-hydrogen) atoms. The molecule has 1 aromatic carbocycles. The summed E-state index contributed by atoms with van der Waals surface area (Å²) in [4.78, 5) is 11.6. The third kappa shape index (κ3) is 4.75. The average molecular weight is 288 g/mol. The van der Waals surface area contributed by atoms with Crippen LogP contribution in [-0.4, -0.2) is 17.6 Å². The Balaban J connectivity index is 2.77. The molecule has 6 heteroatoms. The molecule has 0 spiro atoms. The molecule has 1 atom stereocenters. The van der Waals surface area contributed by atoms with E-state index in [-0.39, 0.29) is 12.8 Å². The first-order valence-corrected chi connectivity index (χ1v) is 6.34. The molecule has 0 aliphatic heterocycles. The molecule has 1 amide bonds. The highest BCUT2D eigenvalue weighted by Gasteiger charge is 2.34. The quantitative estimate of drug-likeness (QED) is 0.843. The SMILES string of the molecule is Cc1ccccc1NC(C)(CCCC(F)(F)F)C(N)=O. The molecule has 0 heterocycles. The Morgan fingerprint density at radius 2 is 1.85 bits per heavy atom. The Hall–Kier alpha value is -1.72. The van der Waals surface area contributed by atoms with Crippen molar-refractivity contribution in [2.24, 2.45) is 5.73 Å². The second-order valence-electron chi connectivity index (χ2n) is 5.11. The molecule has 0 aliphatic carbocycles. The number of rotatable bonds is 6. The van der Waals surface area contributed by atoms with Gasteiger partial charge in [0.1, 0.15) is 5.54 Å². The Kier molecular flexibility index (Phi) is 5.03. The number of primary amides is 1. The van der Waals surface area contributed by atoms with Gasteiger partial charge in [-0.05, 0) is 38.3 Å². The molecule has 0 bridgehead atoms. The number of aryl methyl sites for hydroxylation is 1. The molecule has 0 saturated heterocycles. The lowest BCUT2D eigenvalue weighted by atomic mass is 9.93. The minimum absolute atomic E-state index is 0.0240. The zero-order valence-electron chi connectivity index (χ0n) is 11.6. The third-order valence-corrected chi connectivity index (χ3v) is 3.24. The van der Waals surface area contributed by atoms with E-state index in [0.717, 1.165) is 5.56 Å². The largest absolute Gasteiger partial charge is 0.389 e. The van der Waals surface area contributed by atoms with Gasteiger partial charge in [-0.3, -0.25) is 4.79 Å². The van der Waals surface area contributed by atoms with E-state index in [0.29, 0.717) is 5.69 Å². The fourth-order valence-corrected chi connectivity index (χ4v) is 1.90. The van der Waals surface area contributed by atoms with Crippen molar-refractivity contribution in [3.8, 4) is 0 Å². The minimum atomic E-state index is -4.22. The number of para-hydroxylation sites is 1. The predicted octanol–water partition coefficient (Wildman–Crippen LogP) is 3.38. The lowest BCUT2D eigenvalue weighted by Gasteiger charge is -2.29. The highest BCUT2D eigenvalue weighted by molar-refractivity contribution is 5.87. The summed E-state index contributed by atoms with van der Waals surface area (Å²) < 4.78 is 36.6. The van der Waals surface area contributed by atoms with Gasteiger partial charge in [0.2, 0.25) is 5.91 Å². The number of carbonyl (C=O) groups is 1. The average Bonchev–Trinajstić information content (AvgIpc) is 2.30. The van der Waals surface area contributed by atoms with Crippen LogP contribution in [0, 0.1) is 6.92 Å². The lowest BCUT2D eigenvalue weighted by Crippen LogP contribution is -2.48. The van der Waals surface area contributed by atoms with Crippen LogP contribution in [0.15, 0.2) is 24.3 Å². The number of alkyl halides is 3. The fraction of sp³-hybridized carbons (Fsp3) is 0.500. The van der Waals surface area contributed by atoms with E-state index in [4.69, 9.17) is 5.73 Å². The number of halogens is 3. The topological polar surface area (TPSA) is 55.1 Å². The van der Waals surface area contributed by atoms with E-state index >= 15 is 0 Å². The van der Waals surface area contributed by atoms with E-state index in [9.17, 15) is 18.0 Å². The van der Waals surface area contributed by atoms with Crippen molar-refractivity contribution < 1.29 is 18.0 Å². The van der Waals surface area contributed by atoms with Gasteiger partial charge in [0.15, 0.2) is 0 Å². The number of benzene rings is 1. The Labute approximate surface area is 116 Å². The van der Waals surface area contributed by atoms with Crippen LogP contribution in [0.3, 0.4) is 0 Å². The third-order valence-electron chi connectivity index (χ3n) is 3.24. The summed E-state index contributed by atoms with van der Waals surface area (Å²) in [5.74, 6) is -0.664. The molecule has 3 nitrogen and oxygen atoms in total. The van der Waals surface area contributed by atoms with Crippen LogP contribution in [-0.2, 0) is 4.79 Å². The van der Waals surface area contributed by atoms with Crippen LogP contribution >= 0.6 is 0 Å². The van der Waals surface area contributed by atoms with Crippen molar-refractivity contribution in [3.05, 3.63) is 29.8 Å². The first-order valence-electron chi connectivity index (χ1n) is 6.34. The smallest absolute Gasteiger partial charge is 0.371 e. The van der Waals surface area contributed by atoms with Gasteiger partial charge in [0.05, 0.1) is 0 Å². The number of nitrogens with one attached hydrogen (secondary N) is 1. The number of carbonyl (C=O) groups excluding carboxylic acids is 1. The molecular weight excluding hydrogens is 269 g/mol. The standard InChI is InChI=1S/C14H19F3N2O/c1-10-6-3-4-7-11(10)19-13(2,12(18)20)8-5-9-14(15,16)17/h3-4,6-7,19H,5,8-9H2,1-2H3,(H2,18,20). The monoisotopic (exact) mass is 288 g/mol. The molecule has 0 fully saturated rings. The van der Waals surface area contributed by atoms with Gasteiger partial charge >= 0.3 is 6.18 Å². The van der Waals surface area contributed by atoms with Crippen molar-refractivity contribution in [1.82, 2.24) is 0 Å². The van der Waals surface area contributed by atoms with Crippen molar-refractivity contribution in [2.45, 2.75) is 44.8 Å². The second-order valence-corrected chi connectivity index (χ2v) is 5.11. The maximum Gasteiger partial charge on any atom is 0.389 e. The molecule has 1 unspecified atom stereocenters. The molecule has 1 aromatic rings. The van der Waals surface area contributed by atoms with Crippen LogP contribution in [0.2, 0.25) is 0 Å². The number of hydrogen-bond donors (Lipinski definition) is 2. The summed E-state index contributed by atoms with van der Waals surface area (Å²) in [5, 5.41) is 2.97. The number of nitrogens with two attached hydrogens (primary N) is 1. The maximum atomic E-state index is 12.2. The fourth-order valence-electron chi connectivity index (χ4n) is 1.90. The number of amides is 1. The van der Waals surface area contributed by atoms with Gasteiger partial charge in [-0.25, -0.2) is 0 Å². The van der Waals surface area contributed by atoms with Gasteiger partial charge in [-0.1, -0.05) is 18.2 Å². The molecule has 3 N–H and O–H groups in total. The minimum Gasteiger partial charge on any atom is -0.371 e. The van der Waals surface area contributed by atoms with Crippen LogP contribution in [0.1, 0.15) is 31.7 Å². The summed E-state index contributed by atoms with van der Waals surface area (Å²) in [7, 11) is 0. The first-order chi connectivity index (χ1) is 9.14. The molecule has 0 aliphatic rings. The van der Waals surface area contributed by atoms with Gasteiger partial charge in [0.25, 0.3) is 0 Å². The molecule has 0 radical (unpaired) electrons. The number of hydrogen-bond acceptors (Lipinski definition) is 2. The first kappa shape index (κ1) is 16.3. The Morgan fingerprint density at radius 1 is 1.25 bits per heavy atom. The second kappa shape index (κ2) is 6.15. The van der Waals surface area contributed by atoms with Crippen LogP contribution in [0.25, 0.3) is 0 Å². The molecule has 112 valence electrons. The summed E-state index contributed by atoms with van der Waals surface area (Å²) in [6, 6.07) is 7.23. The van der Waals surface area contributed by atoms with E-state index < -0.39 is 24.0 Å². The Morgan fingerprint density at radius 3 is 2.35 bits per heavy atom. The Bertz CT molecular complexity index is 474. The molecular formula is C14H19F3N2O. The maximum absolute atomic E-state index is 12.2. The van der Waals surface area contributed by atoms with Crippen LogP contribution in [0.5, 0.6) is 0 Å². The van der Waals surface area contributed by atoms with E-state index in [1.54, 1.807) is 12.1 Å². The molecule has 0 saturated carbocycles. The zero-order chi connectivity index (χ0) is 15.4. The van der Waals surface area contributed by atoms with E-state index in [1.807, 2.05) is 19.1 Å². The van der Waals surface area contributed by atoms with Crippen molar-refractivity contribution in [3.63, 3.8) is 0 Å². The van der Waals surface area contributed by atoms with Crippen LogP contribution < -0.4 is 11.1 Å². The lowest BCUT2D eigenvalue weighted by molar-refractivity contribution is -0.137. The van der Waals surface area contributed by atoms with Gasteiger partial charge < -0.3 is 11.1 Å². The van der Waals surface area contributed by atoms with Crippen LogP contribution in [0.4, 0.5) is 18.9 Å². The van der Waals surface area contributed by atoms with E-state index in [2.05, 4.69) is 5.32 Å². The van der Waals surface area contributed by atoms with Gasteiger partial charge in [0, 0.05) is 12.1 Å². The van der Waals surface area contributed by atoms with Crippen molar-refractivity contribution >= 4 is 11.6 Å². The number of anilines is 1. The van der Waals surface area contributed by atoms with Gasteiger partial charge in [-0.2, -0.15) is 13.2 Å².